The van der Waals surface area contributed by atoms with Gasteiger partial charge in [-0.3, -0.25) is 9.59 Å². The smallest absolute Gasteiger partial charge is 0.346 e. The van der Waals surface area contributed by atoms with E-state index in [0.29, 0.717) is 28.4 Å². The molecular formula is C23H19N3O5S2. The molecule has 4 rings (SSSR count). The first kappa shape index (κ1) is 22.6. The normalized spacial score (nSPS) is 10.8. The Bertz CT molecular complexity index is 1360. The van der Waals surface area contributed by atoms with Gasteiger partial charge in [-0.15, -0.1) is 11.3 Å². The number of nitrogens with zero attached hydrogens (tertiary/aromatic N) is 1. The van der Waals surface area contributed by atoms with Gasteiger partial charge in [0.05, 0.1) is 11.1 Å². The Morgan fingerprint density at radius 1 is 1.15 bits per heavy atom. The number of aromatic nitrogens is 2. The van der Waals surface area contributed by atoms with Crippen LogP contribution in [0.5, 0.6) is 5.75 Å². The second-order valence-electron chi connectivity index (χ2n) is 7.05. The van der Waals surface area contributed by atoms with Crippen LogP contribution in [0, 0.1) is 6.92 Å². The second kappa shape index (κ2) is 9.88. The molecule has 0 aliphatic rings. The lowest BCUT2D eigenvalue weighted by atomic mass is 10.2. The number of carboxylic acid groups (broad SMARTS) is 1. The summed E-state index contributed by atoms with van der Waals surface area (Å²) in [6.45, 7) is 2.04. The van der Waals surface area contributed by atoms with Crippen LogP contribution in [0.25, 0.3) is 10.2 Å². The molecule has 2 heterocycles. The third-order valence-corrected chi connectivity index (χ3v) is 6.75. The first-order valence-corrected chi connectivity index (χ1v) is 11.7. The van der Waals surface area contributed by atoms with E-state index in [2.05, 4.69) is 15.3 Å². The highest BCUT2D eigenvalue weighted by molar-refractivity contribution is 7.99. The largest absolute Gasteiger partial charge is 0.489 e. The van der Waals surface area contributed by atoms with E-state index in [1.165, 1.54) is 0 Å². The van der Waals surface area contributed by atoms with Crippen LogP contribution >= 0.6 is 23.1 Å². The van der Waals surface area contributed by atoms with Gasteiger partial charge in [0.25, 0.3) is 5.56 Å². The highest BCUT2D eigenvalue weighted by Gasteiger charge is 2.19. The van der Waals surface area contributed by atoms with E-state index >= 15 is 0 Å². The van der Waals surface area contributed by atoms with Gasteiger partial charge in [0.1, 0.15) is 22.1 Å². The quantitative estimate of drug-likeness (QED) is 0.253. The Labute approximate surface area is 196 Å². The van der Waals surface area contributed by atoms with Gasteiger partial charge in [-0.2, -0.15) is 0 Å². The fourth-order valence-electron chi connectivity index (χ4n) is 3.10. The van der Waals surface area contributed by atoms with Crippen LogP contribution in [0.15, 0.2) is 64.5 Å². The van der Waals surface area contributed by atoms with Gasteiger partial charge >= 0.3 is 5.97 Å². The molecule has 0 unspecified atom stereocenters. The van der Waals surface area contributed by atoms with Gasteiger partial charge < -0.3 is 20.1 Å². The number of aromatic amines is 1. The van der Waals surface area contributed by atoms with Crippen LogP contribution in [-0.4, -0.2) is 32.7 Å². The standard InChI is InChI=1S/C23H19N3O5S2/c1-13-18-20(28)25-23(26-21(18)33-19(13)22(29)30)32-12-17(27)24-15-7-9-16(10-8-15)31-11-14-5-3-2-4-6-14/h2-10H,11-12H2,1H3,(H,24,27)(H,29,30)(H,25,26,28). The molecule has 8 nitrogen and oxygen atoms in total. The van der Waals surface area contributed by atoms with E-state index in [4.69, 9.17) is 4.74 Å². The first-order chi connectivity index (χ1) is 15.9. The molecule has 0 bridgehead atoms. The number of thioether (sulfide) groups is 1. The summed E-state index contributed by atoms with van der Waals surface area (Å²) in [5.41, 5.74) is 1.65. The molecular weight excluding hydrogens is 462 g/mol. The number of anilines is 1. The minimum atomic E-state index is -1.10. The number of carbonyl (C=O) groups is 2. The van der Waals surface area contributed by atoms with Crippen LogP contribution in [-0.2, 0) is 11.4 Å². The maximum absolute atomic E-state index is 12.4. The number of hydrogen-bond acceptors (Lipinski definition) is 7. The number of aromatic carboxylic acids is 1. The van der Waals surface area contributed by atoms with E-state index < -0.39 is 11.5 Å². The van der Waals surface area contributed by atoms with Crippen LogP contribution in [0.2, 0.25) is 0 Å². The van der Waals surface area contributed by atoms with E-state index in [9.17, 15) is 19.5 Å². The van der Waals surface area contributed by atoms with E-state index in [0.717, 1.165) is 28.7 Å². The number of benzene rings is 2. The fraction of sp³-hybridized carbons (Fsp3) is 0.130. The zero-order chi connectivity index (χ0) is 23.4. The maximum atomic E-state index is 12.4. The monoisotopic (exact) mass is 481 g/mol. The van der Waals surface area contributed by atoms with E-state index in [1.807, 2.05) is 30.3 Å². The maximum Gasteiger partial charge on any atom is 0.346 e. The number of nitrogens with one attached hydrogen (secondary N) is 2. The fourth-order valence-corrected chi connectivity index (χ4v) is 4.84. The summed E-state index contributed by atoms with van der Waals surface area (Å²) in [5, 5.41) is 12.5. The van der Waals surface area contributed by atoms with Crippen molar-refractivity contribution in [2.75, 3.05) is 11.1 Å². The molecule has 0 radical (unpaired) electrons. The average molecular weight is 482 g/mol. The van der Waals surface area contributed by atoms with Crippen molar-refractivity contribution < 1.29 is 19.4 Å². The van der Waals surface area contributed by atoms with Crippen molar-refractivity contribution in [2.45, 2.75) is 18.7 Å². The Balaban J connectivity index is 1.34. The first-order valence-electron chi connectivity index (χ1n) is 9.87. The van der Waals surface area contributed by atoms with Gasteiger partial charge in [-0.1, -0.05) is 42.1 Å². The molecule has 0 aliphatic heterocycles. The van der Waals surface area contributed by atoms with Gasteiger partial charge in [0.15, 0.2) is 5.16 Å². The minimum absolute atomic E-state index is 0.0247. The molecule has 4 aromatic rings. The number of carbonyl (C=O) groups excluding carboxylic acids is 1. The Kier molecular flexibility index (Phi) is 6.76. The third kappa shape index (κ3) is 5.41. The molecule has 0 atom stereocenters. The summed E-state index contributed by atoms with van der Waals surface area (Å²) in [7, 11) is 0. The predicted molar refractivity (Wildman–Crippen MR) is 129 cm³/mol. The predicted octanol–water partition coefficient (Wildman–Crippen LogP) is 4.30. The molecule has 168 valence electrons. The Hall–Kier alpha value is -3.63. The number of carboxylic acids is 1. The molecule has 0 saturated heterocycles. The number of thiophene rings is 1. The van der Waals surface area contributed by atoms with Crippen molar-refractivity contribution in [1.29, 1.82) is 0 Å². The number of ether oxygens (including phenoxy) is 1. The highest BCUT2D eigenvalue weighted by atomic mass is 32.2. The number of hydrogen-bond donors (Lipinski definition) is 3. The number of amides is 1. The lowest BCUT2D eigenvalue weighted by Crippen LogP contribution is -2.15. The third-order valence-electron chi connectivity index (χ3n) is 4.70. The van der Waals surface area contributed by atoms with Crippen molar-refractivity contribution in [1.82, 2.24) is 9.97 Å². The minimum Gasteiger partial charge on any atom is -0.489 e. The molecule has 0 fully saturated rings. The van der Waals surface area contributed by atoms with E-state index in [1.54, 1.807) is 31.2 Å². The molecule has 33 heavy (non-hydrogen) atoms. The zero-order valence-corrected chi connectivity index (χ0v) is 19.1. The lowest BCUT2D eigenvalue weighted by Gasteiger charge is -2.08. The van der Waals surface area contributed by atoms with Crippen molar-refractivity contribution in [3.63, 3.8) is 0 Å². The molecule has 0 spiro atoms. The number of rotatable bonds is 8. The molecule has 2 aromatic carbocycles. The van der Waals surface area contributed by atoms with Crippen LogP contribution in [0.4, 0.5) is 5.69 Å². The van der Waals surface area contributed by atoms with E-state index in [-0.39, 0.29) is 27.1 Å². The molecule has 1 amide bonds. The number of fused-ring (bicyclic) bond motifs is 1. The van der Waals surface area contributed by atoms with Crippen LogP contribution in [0.1, 0.15) is 20.8 Å². The van der Waals surface area contributed by atoms with Crippen LogP contribution < -0.4 is 15.6 Å². The summed E-state index contributed by atoms with van der Waals surface area (Å²) in [5.74, 6) is -0.654. The lowest BCUT2D eigenvalue weighted by molar-refractivity contribution is -0.113. The van der Waals surface area contributed by atoms with Crippen molar-refractivity contribution in [3.05, 3.63) is 81.0 Å². The number of H-pyrrole nitrogens is 1. The molecule has 10 heteroatoms. The van der Waals surface area contributed by atoms with Gasteiger partial charge in [0, 0.05) is 5.69 Å². The summed E-state index contributed by atoms with van der Waals surface area (Å²) in [6.07, 6.45) is 0. The van der Waals surface area contributed by atoms with Crippen molar-refractivity contribution >= 4 is 50.9 Å². The van der Waals surface area contributed by atoms with Gasteiger partial charge in [-0.05, 0) is 42.3 Å². The topological polar surface area (TPSA) is 121 Å². The van der Waals surface area contributed by atoms with Crippen molar-refractivity contribution in [2.24, 2.45) is 0 Å². The molecule has 0 saturated carbocycles. The SMILES string of the molecule is Cc1c(C(=O)O)sc2nc(SCC(=O)Nc3ccc(OCc4ccccc4)cc3)[nH]c(=O)c12. The van der Waals surface area contributed by atoms with Gasteiger partial charge in [-0.25, -0.2) is 9.78 Å². The number of aryl methyl sites for hydroxylation is 1. The summed E-state index contributed by atoms with van der Waals surface area (Å²) >= 11 is 2.01. The summed E-state index contributed by atoms with van der Waals surface area (Å²) in [4.78, 5) is 43.3. The van der Waals surface area contributed by atoms with Crippen molar-refractivity contribution in [3.8, 4) is 5.75 Å². The molecule has 2 aromatic heterocycles. The molecule has 3 N–H and O–H groups in total. The zero-order valence-electron chi connectivity index (χ0n) is 17.5. The summed E-state index contributed by atoms with van der Waals surface area (Å²) in [6, 6.07) is 16.9. The second-order valence-corrected chi connectivity index (χ2v) is 9.01. The van der Waals surface area contributed by atoms with Crippen LogP contribution in [0.3, 0.4) is 0 Å². The Morgan fingerprint density at radius 3 is 2.58 bits per heavy atom. The van der Waals surface area contributed by atoms with Gasteiger partial charge in [0.2, 0.25) is 5.91 Å². The highest BCUT2D eigenvalue weighted by Crippen LogP contribution is 2.28. The Morgan fingerprint density at radius 2 is 1.88 bits per heavy atom. The molecule has 0 aliphatic carbocycles. The average Bonchev–Trinajstić information content (AvgIpc) is 3.15. The summed E-state index contributed by atoms with van der Waals surface area (Å²) < 4.78 is 5.73.